The first-order valence-electron chi connectivity index (χ1n) is 6.87. The first-order valence-corrected chi connectivity index (χ1v) is 8.91. The molecule has 1 aliphatic rings. The molecule has 1 aliphatic heterocycles. The number of nitrogens with one attached hydrogen (secondary N) is 1. The second-order valence-electron chi connectivity index (χ2n) is 4.89. The highest BCUT2D eigenvalue weighted by molar-refractivity contribution is 7.98. The van der Waals surface area contributed by atoms with E-state index in [0.717, 1.165) is 53.2 Å². The minimum Gasteiger partial charge on any atom is -0.370 e. The summed E-state index contributed by atoms with van der Waals surface area (Å²) in [4.78, 5) is 13.9. The highest BCUT2D eigenvalue weighted by Gasteiger charge is 2.20. The number of thioether (sulfide) groups is 1. The molecule has 0 atom stereocenters. The van der Waals surface area contributed by atoms with Crippen LogP contribution in [0.2, 0.25) is 0 Å². The monoisotopic (exact) mass is 306 g/mol. The van der Waals surface area contributed by atoms with Crippen LogP contribution in [0.25, 0.3) is 0 Å². The number of aryl methyl sites for hydroxylation is 1. The largest absolute Gasteiger partial charge is 0.370 e. The minimum atomic E-state index is 0.733. The molecule has 0 spiro atoms. The summed E-state index contributed by atoms with van der Waals surface area (Å²) in [6.07, 6.45) is 1.84. The van der Waals surface area contributed by atoms with Crippen molar-refractivity contribution >= 4 is 28.9 Å². The summed E-state index contributed by atoms with van der Waals surface area (Å²) in [5.41, 5.74) is 3.57. The summed E-state index contributed by atoms with van der Waals surface area (Å²) in [6.45, 7) is 5.15. The molecular weight excluding hydrogens is 288 g/mol. The molecule has 20 heavy (non-hydrogen) atoms. The molecule has 0 aliphatic carbocycles. The third kappa shape index (κ3) is 2.96. The normalized spacial score (nSPS) is 13.5. The summed E-state index contributed by atoms with van der Waals surface area (Å²) in [6, 6.07) is 0. The van der Waals surface area contributed by atoms with E-state index in [0.29, 0.717) is 0 Å². The lowest BCUT2D eigenvalue weighted by molar-refractivity contribution is 0.899. The number of fused-ring (bicyclic) bond motifs is 1. The Morgan fingerprint density at radius 1 is 1.25 bits per heavy atom. The molecule has 2 aromatic rings. The number of hydrogen-bond donors (Lipinski definition) is 1. The van der Waals surface area contributed by atoms with Gasteiger partial charge in [0.25, 0.3) is 0 Å². The van der Waals surface area contributed by atoms with Crippen LogP contribution in [0.1, 0.15) is 41.1 Å². The van der Waals surface area contributed by atoms with Gasteiger partial charge >= 0.3 is 0 Å². The Kier molecular flexibility index (Phi) is 4.21. The van der Waals surface area contributed by atoms with Gasteiger partial charge in [0.05, 0.1) is 12.1 Å². The molecule has 0 bridgehead atoms. The van der Waals surface area contributed by atoms with Gasteiger partial charge in [0.2, 0.25) is 0 Å². The van der Waals surface area contributed by atoms with Gasteiger partial charge in [0, 0.05) is 34.7 Å². The minimum absolute atomic E-state index is 0.733. The van der Waals surface area contributed by atoms with Gasteiger partial charge < -0.3 is 5.32 Å². The van der Waals surface area contributed by atoms with Gasteiger partial charge in [-0.1, -0.05) is 6.92 Å². The number of aromatic nitrogens is 3. The average molecular weight is 306 g/mol. The Labute approximate surface area is 127 Å². The fourth-order valence-electron chi connectivity index (χ4n) is 2.19. The third-order valence-electron chi connectivity index (χ3n) is 3.14. The maximum atomic E-state index is 4.72. The lowest BCUT2D eigenvalue weighted by Gasteiger charge is -2.10. The topological polar surface area (TPSA) is 50.7 Å². The highest BCUT2D eigenvalue weighted by atomic mass is 32.2. The van der Waals surface area contributed by atoms with Crippen LogP contribution < -0.4 is 5.32 Å². The quantitative estimate of drug-likeness (QED) is 0.917. The molecule has 3 rings (SSSR count). The molecule has 4 nitrogen and oxygen atoms in total. The maximum Gasteiger partial charge on any atom is 0.137 e. The number of thiazole rings is 1. The molecule has 6 heteroatoms. The zero-order valence-corrected chi connectivity index (χ0v) is 13.4. The summed E-state index contributed by atoms with van der Waals surface area (Å²) < 4.78 is 0. The fraction of sp³-hybridized carbons (Fsp3) is 0.500. The van der Waals surface area contributed by atoms with E-state index < -0.39 is 0 Å². The second kappa shape index (κ2) is 6.10. The summed E-state index contributed by atoms with van der Waals surface area (Å²) >= 11 is 3.60. The molecule has 0 fully saturated rings. The molecule has 3 heterocycles. The van der Waals surface area contributed by atoms with Crippen molar-refractivity contribution in [2.75, 3.05) is 11.9 Å². The second-order valence-corrected chi connectivity index (χ2v) is 6.82. The van der Waals surface area contributed by atoms with Crippen molar-refractivity contribution in [1.29, 1.82) is 0 Å². The van der Waals surface area contributed by atoms with E-state index in [-0.39, 0.29) is 0 Å². The Hall–Kier alpha value is -1.14. The zero-order chi connectivity index (χ0) is 13.9. The molecule has 0 saturated carbocycles. The molecule has 0 amide bonds. The van der Waals surface area contributed by atoms with E-state index in [1.165, 1.54) is 11.3 Å². The van der Waals surface area contributed by atoms with E-state index in [9.17, 15) is 0 Å². The van der Waals surface area contributed by atoms with Crippen LogP contribution in [0.4, 0.5) is 5.82 Å². The van der Waals surface area contributed by atoms with Gasteiger partial charge in [-0.15, -0.1) is 11.3 Å². The molecule has 106 valence electrons. The van der Waals surface area contributed by atoms with Crippen LogP contribution in [-0.2, 0) is 17.9 Å². The predicted octanol–water partition coefficient (Wildman–Crippen LogP) is 3.40. The predicted molar refractivity (Wildman–Crippen MR) is 85.5 cm³/mol. The molecule has 0 saturated heterocycles. The molecular formula is C14H18N4S2. The van der Waals surface area contributed by atoms with E-state index in [4.69, 9.17) is 9.97 Å². The van der Waals surface area contributed by atoms with Gasteiger partial charge in [-0.2, -0.15) is 11.8 Å². The Bertz CT molecular complexity index is 609. The van der Waals surface area contributed by atoms with E-state index in [1.807, 2.05) is 18.7 Å². The Balaban J connectivity index is 1.87. The lowest BCUT2D eigenvalue weighted by atomic mass is 10.2. The van der Waals surface area contributed by atoms with Gasteiger partial charge in [-0.25, -0.2) is 15.0 Å². The van der Waals surface area contributed by atoms with E-state index >= 15 is 0 Å². The summed E-state index contributed by atoms with van der Waals surface area (Å²) in [7, 11) is 0. The van der Waals surface area contributed by atoms with Crippen molar-refractivity contribution in [1.82, 2.24) is 15.0 Å². The first-order chi connectivity index (χ1) is 9.76. The number of hydrogen-bond acceptors (Lipinski definition) is 6. The molecule has 0 unspecified atom stereocenters. The van der Waals surface area contributed by atoms with E-state index in [1.54, 1.807) is 11.3 Å². The van der Waals surface area contributed by atoms with Crippen molar-refractivity contribution in [3.8, 4) is 0 Å². The van der Waals surface area contributed by atoms with Gasteiger partial charge in [0.1, 0.15) is 16.6 Å². The van der Waals surface area contributed by atoms with Crippen molar-refractivity contribution < 1.29 is 0 Å². The zero-order valence-electron chi connectivity index (χ0n) is 11.8. The Morgan fingerprint density at radius 2 is 2.15 bits per heavy atom. The highest BCUT2D eigenvalue weighted by Crippen LogP contribution is 2.33. The molecule has 0 aromatic carbocycles. The average Bonchev–Trinajstić information content (AvgIpc) is 3.05. The van der Waals surface area contributed by atoms with Crippen LogP contribution in [0, 0.1) is 6.92 Å². The van der Waals surface area contributed by atoms with Gasteiger partial charge in [-0.3, -0.25) is 0 Å². The van der Waals surface area contributed by atoms with Gasteiger partial charge in [-0.05, 0) is 13.3 Å². The van der Waals surface area contributed by atoms with Crippen LogP contribution in [-0.4, -0.2) is 21.5 Å². The van der Waals surface area contributed by atoms with Crippen molar-refractivity contribution in [2.24, 2.45) is 0 Å². The standard InChI is InChI=1S/C14H18N4S2/c1-3-4-15-14-10-7-19-8-11(10)17-12(18-14)5-13-16-9(2)6-20-13/h6H,3-5,7-8H2,1-2H3,(H,15,17,18). The smallest absolute Gasteiger partial charge is 0.137 e. The number of nitrogens with zero attached hydrogens (tertiary/aromatic N) is 3. The third-order valence-corrected chi connectivity index (χ3v) is 5.08. The lowest BCUT2D eigenvalue weighted by Crippen LogP contribution is -2.10. The summed E-state index contributed by atoms with van der Waals surface area (Å²) in [5, 5.41) is 6.61. The first kappa shape index (κ1) is 13.8. The van der Waals surface area contributed by atoms with Crippen molar-refractivity contribution in [3.63, 3.8) is 0 Å². The van der Waals surface area contributed by atoms with Gasteiger partial charge in [0.15, 0.2) is 0 Å². The molecule has 1 N–H and O–H groups in total. The SMILES string of the molecule is CCCNc1nc(Cc2nc(C)cs2)nc2c1CSC2. The number of rotatable bonds is 5. The van der Waals surface area contributed by atoms with Crippen LogP contribution >= 0.6 is 23.1 Å². The summed E-state index contributed by atoms with van der Waals surface area (Å²) in [5.74, 6) is 3.95. The van der Waals surface area contributed by atoms with Crippen molar-refractivity contribution in [3.05, 3.63) is 33.2 Å². The Morgan fingerprint density at radius 3 is 2.90 bits per heavy atom. The number of anilines is 1. The maximum absolute atomic E-state index is 4.72. The van der Waals surface area contributed by atoms with Crippen molar-refractivity contribution in [2.45, 2.75) is 38.2 Å². The van der Waals surface area contributed by atoms with Crippen LogP contribution in [0.5, 0.6) is 0 Å². The molecule has 0 radical (unpaired) electrons. The molecule has 2 aromatic heterocycles. The van der Waals surface area contributed by atoms with E-state index in [2.05, 4.69) is 22.6 Å². The van der Waals surface area contributed by atoms with Crippen LogP contribution in [0.15, 0.2) is 5.38 Å². The fourth-order valence-corrected chi connectivity index (χ4v) is 4.00. The van der Waals surface area contributed by atoms with Crippen LogP contribution in [0.3, 0.4) is 0 Å².